The number of amides is 1. The molecule has 1 atom stereocenters. The van der Waals surface area contributed by atoms with Gasteiger partial charge in [-0.1, -0.05) is 13.8 Å². The summed E-state index contributed by atoms with van der Waals surface area (Å²) in [4.78, 5) is 16.4. The van der Waals surface area contributed by atoms with Gasteiger partial charge in [0.15, 0.2) is 0 Å². The fourth-order valence-corrected chi connectivity index (χ4v) is 2.54. The summed E-state index contributed by atoms with van der Waals surface area (Å²) in [7, 11) is 2.03. The zero-order valence-corrected chi connectivity index (χ0v) is 13.4. The fraction of sp³-hybridized carbons (Fsp3) is 0.929. The van der Waals surface area contributed by atoms with E-state index in [1.54, 1.807) is 0 Å². The summed E-state index contributed by atoms with van der Waals surface area (Å²) in [5.41, 5.74) is 5.82. The Balaban J connectivity index is 0.00000324. The summed E-state index contributed by atoms with van der Waals surface area (Å²) in [6.07, 6.45) is 4.60. The molecule has 0 radical (unpaired) electrons. The van der Waals surface area contributed by atoms with E-state index in [1.165, 1.54) is 12.8 Å². The number of rotatable bonds is 9. The molecule has 19 heavy (non-hydrogen) atoms. The normalized spacial score (nSPS) is 16.1. The molecule has 0 saturated heterocycles. The van der Waals surface area contributed by atoms with E-state index in [-0.39, 0.29) is 18.3 Å². The SMILES string of the molecule is CCCN(CCC)C(=O)CN(C)C(CN)C1CC1.Cl. The van der Waals surface area contributed by atoms with Gasteiger partial charge in [-0.3, -0.25) is 9.69 Å². The van der Waals surface area contributed by atoms with Crippen LogP contribution in [0.4, 0.5) is 0 Å². The van der Waals surface area contributed by atoms with Gasteiger partial charge in [-0.05, 0) is 38.6 Å². The second-order valence-electron chi connectivity index (χ2n) is 5.44. The van der Waals surface area contributed by atoms with Crippen molar-refractivity contribution >= 4 is 18.3 Å². The molecule has 0 aromatic heterocycles. The van der Waals surface area contributed by atoms with Crippen molar-refractivity contribution in [3.8, 4) is 0 Å². The van der Waals surface area contributed by atoms with Gasteiger partial charge in [-0.15, -0.1) is 12.4 Å². The predicted octanol–water partition coefficient (Wildman–Crippen LogP) is 1.73. The molecular weight excluding hydrogens is 262 g/mol. The second-order valence-corrected chi connectivity index (χ2v) is 5.44. The van der Waals surface area contributed by atoms with Crippen molar-refractivity contribution in [3.05, 3.63) is 0 Å². The van der Waals surface area contributed by atoms with Crippen LogP contribution in [0.15, 0.2) is 0 Å². The summed E-state index contributed by atoms with van der Waals surface area (Å²) in [5, 5.41) is 0. The largest absolute Gasteiger partial charge is 0.342 e. The first-order valence-corrected chi connectivity index (χ1v) is 7.32. The first kappa shape index (κ1) is 18.7. The number of likely N-dealkylation sites (N-methyl/N-ethyl adjacent to an activating group) is 1. The highest BCUT2D eigenvalue weighted by molar-refractivity contribution is 5.85. The third kappa shape index (κ3) is 6.11. The highest BCUT2D eigenvalue weighted by Crippen LogP contribution is 2.34. The molecule has 0 aliphatic heterocycles. The number of nitrogens with zero attached hydrogens (tertiary/aromatic N) is 2. The van der Waals surface area contributed by atoms with Gasteiger partial charge in [0.25, 0.3) is 0 Å². The lowest BCUT2D eigenvalue weighted by Crippen LogP contribution is -2.46. The van der Waals surface area contributed by atoms with Crippen LogP contribution in [0.25, 0.3) is 0 Å². The minimum Gasteiger partial charge on any atom is -0.342 e. The fourth-order valence-electron chi connectivity index (χ4n) is 2.54. The Morgan fingerprint density at radius 2 is 1.79 bits per heavy atom. The maximum atomic E-state index is 12.2. The molecule has 1 aliphatic carbocycles. The number of halogens is 1. The van der Waals surface area contributed by atoms with Gasteiger partial charge in [-0.2, -0.15) is 0 Å². The first-order chi connectivity index (χ1) is 8.63. The predicted molar refractivity (Wildman–Crippen MR) is 82.6 cm³/mol. The van der Waals surface area contributed by atoms with Crippen LogP contribution >= 0.6 is 12.4 Å². The number of hydrogen-bond donors (Lipinski definition) is 1. The average molecular weight is 292 g/mol. The summed E-state index contributed by atoms with van der Waals surface area (Å²) in [6.45, 7) is 7.15. The minimum atomic E-state index is 0. The molecule has 1 amide bonds. The maximum Gasteiger partial charge on any atom is 0.236 e. The molecule has 1 fully saturated rings. The summed E-state index contributed by atoms with van der Waals surface area (Å²) < 4.78 is 0. The molecule has 2 N–H and O–H groups in total. The summed E-state index contributed by atoms with van der Waals surface area (Å²) >= 11 is 0. The van der Waals surface area contributed by atoms with Gasteiger partial charge in [0.1, 0.15) is 0 Å². The van der Waals surface area contributed by atoms with Crippen molar-refractivity contribution in [2.24, 2.45) is 11.7 Å². The Hall–Kier alpha value is -0.320. The quantitative estimate of drug-likeness (QED) is 0.704. The summed E-state index contributed by atoms with van der Waals surface area (Å²) in [5.74, 6) is 0.971. The number of hydrogen-bond acceptors (Lipinski definition) is 3. The van der Waals surface area contributed by atoms with Crippen LogP contribution in [0.1, 0.15) is 39.5 Å². The third-order valence-corrected chi connectivity index (χ3v) is 3.70. The lowest BCUT2D eigenvalue weighted by molar-refractivity contribution is -0.132. The van der Waals surface area contributed by atoms with E-state index < -0.39 is 0 Å². The van der Waals surface area contributed by atoms with Gasteiger partial charge in [0.05, 0.1) is 6.54 Å². The van der Waals surface area contributed by atoms with E-state index in [2.05, 4.69) is 18.7 Å². The zero-order chi connectivity index (χ0) is 13.5. The molecule has 1 rings (SSSR count). The van der Waals surface area contributed by atoms with Gasteiger partial charge >= 0.3 is 0 Å². The van der Waals surface area contributed by atoms with Crippen molar-refractivity contribution < 1.29 is 4.79 Å². The molecule has 1 saturated carbocycles. The van der Waals surface area contributed by atoms with Gasteiger partial charge in [0, 0.05) is 25.7 Å². The maximum absolute atomic E-state index is 12.2. The molecule has 0 heterocycles. The van der Waals surface area contributed by atoms with Crippen molar-refractivity contribution in [2.45, 2.75) is 45.6 Å². The highest BCUT2D eigenvalue weighted by atomic mass is 35.5. The van der Waals surface area contributed by atoms with Crippen LogP contribution < -0.4 is 5.73 Å². The van der Waals surface area contributed by atoms with Crippen LogP contribution in [-0.2, 0) is 4.79 Å². The van der Waals surface area contributed by atoms with Crippen molar-refractivity contribution in [1.82, 2.24) is 9.80 Å². The van der Waals surface area contributed by atoms with Gasteiger partial charge in [0.2, 0.25) is 5.91 Å². The number of carbonyl (C=O) groups is 1. The molecule has 0 spiro atoms. The monoisotopic (exact) mass is 291 g/mol. The van der Waals surface area contributed by atoms with E-state index in [9.17, 15) is 4.79 Å². The van der Waals surface area contributed by atoms with E-state index in [0.29, 0.717) is 19.1 Å². The lowest BCUT2D eigenvalue weighted by Gasteiger charge is -2.29. The molecule has 0 aromatic carbocycles. The van der Waals surface area contributed by atoms with Crippen LogP contribution in [0.3, 0.4) is 0 Å². The Morgan fingerprint density at radius 3 is 2.16 bits per heavy atom. The summed E-state index contributed by atoms with van der Waals surface area (Å²) in [6, 6.07) is 0.388. The first-order valence-electron chi connectivity index (χ1n) is 7.32. The van der Waals surface area contributed by atoms with Crippen LogP contribution in [0.2, 0.25) is 0 Å². The Morgan fingerprint density at radius 1 is 1.26 bits per heavy atom. The van der Waals surface area contributed by atoms with Crippen molar-refractivity contribution in [3.63, 3.8) is 0 Å². The molecule has 114 valence electrons. The van der Waals surface area contributed by atoms with E-state index in [4.69, 9.17) is 5.73 Å². The molecule has 1 unspecified atom stereocenters. The third-order valence-electron chi connectivity index (χ3n) is 3.70. The van der Waals surface area contributed by atoms with Crippen LogP contribution in [0, 0.1) is 5.92 Å². The minimum absolute atomic E-state index is 0. The lowest BCUT2D eigenvalue weighted by atomic mass is 10.1. The smallest absolute Gasteiger partial charge is 0.236 e. The van der Waals surface area contributed by atoms with Gasteiger partial charge < -0.3 is 10.6 Å². The molecular formula is C14H30ClN3O. The topological polar surface area (TPSA) is 49.6 Å². The second kappa shape index (κ2) is 9.56. The zero-order valence-electron chi connectivity index (χ0n) is 12.6. The standard InChI is InChI=1S/C14H29N3O.ClH/c1-4-8-17(9-5-2)14(18)11-16(3)13(10-15)12-6-7-12;/h12-13H,4-11,15H2,1-3H3;1H. The molecule has 0 bridgehead atoms. The van der Waals surface area contributed by atoms with Crippen LogP contribution in [0.5, 0.6) is 0 Å². The van der Waals surface area contributed by atoms with Crippen molar-refractivity contribution in [2.75, 3.05) is 33.2 Å². The van der Waals surface area contributed by atoms with E-state index in [0.717, 1.165) is 31.8 Å². The molecule has 5 heteroatoms. The Bertz CT molecular complexity index is 253. The number of carbonyl (C=O) groups excluding carboxylic acids is 1. The Labute approximate surface area is 124 Å². The van der Waals surface area contributed by atoms with Crippen LogP contribution in [-0.4, -0.2) is 55.0 Å². The van der Waals surface area contributed by atoms with E-state index in [1.807, 2.05) is 11.9 Å². The highest BCUT2D eigenvalue weighted by Gasteiger charge is 2.33. The van der Waals surface area contributed by atoms with Crippen molar-refractivity contribution in [1.29, 1.82) is 0 Å². The van der Waals surface area contributed by atoms with E-state index >= 15 is 0 Å². The molecule has 1 aliphatic rings. The van der Waals surface area contributed by atoms with Gasteiger partial charge in [-0.25, -0.2) is 0 Å². The number of nitrogens with two attached hydrogens (primary N) is 1. The molecule has 0 aromatic rings. The Kier molecular flexibility index (Phi) is 9.40. The average Bonchev–Trinajstić information content (AvgIpc) is 3.14. The molecule has 4 nitrogen and oxygen atoms in total.